The van der Waals surface area contributed by atoms with Crippen LogP contribution < -0.4 is 18.9 Å². The molecular weight excluding hydrogens is 103 g/mol. The molecule has 0 amide bonds. The molecule has 0 saturated carbocycles. The van der Waals surface area contributed by atoms with Gasteiger partial charge >= 0.3 is 18.9 Å². The first kappa shape index (κ1) is 9.34. The summed E-state index contributed by atoms with van der Waals surface area (Å²) >= 11 is 0. The maximum absolute atomic E-state index is 3.23. The fourth-order valence-corrected chi connectivity index (χ4v) is 1.09. The summed E-state index contributed by atoms with van der Waals surface area (Å²) in [5.74, 6) is 1.65. The van der Waals surface area contributed by atoms with Crippen LogP contribution in [0.3, 0.4) is 0 Å². The second-order valence-electron chi connectivity index (χ2n) is 2.82. The van der Waals surface area contributed by atoms with Crippen molar-refractivity contribution in [2.75, 3.05) is 0 Å². The first-order valence-corrected chi connectivity index (χ1v) is 3.37. The Kier molecular flexibility index (Phi) is 4.36. The molecule has 1 aliphatic rings. The molecule has 0 radical (unpaired) electrons. The number of hydrogen-bond acceptors (Lipinski definition) is 0. The minimum absolute atomic E-state index is 0. The van der Waals surface area contributed by atoms with Crippen molar-refractivity contribution in [3.63, 3.8) is 0 Å². The van der Waals surface area contributed by atoms with Crippen molar-refractivity contribution in [2.45, 2.75) is 26.7 Å². The Balaban J connectivity index is 0.000000640. The second kappa shape index (κ2) is 4.20. The normalized spacial score (nSPS) is 24.6. The second-order valence-corrected chi connectivity index (χ2v) is 2.82. The van der Waals surface area contributed by atoms with Crippen molar-refractivity contribution in [3.05, 3.63) is 12.2 Å². The van der Waals surface area contributed by atoms with Crippen LogP contribution in [0.4, 0.5) is 0 Å². The predicted molar refractivity (Wildman–Crippen MR) is 35.4 cm³/mol. The Morgan fingerprint density at radius 3 is 2.44 bits per heavy atom. The molecule has 0 spiro atoms. The van der Waals surface area contributed by atoms with Gasteiger partial charge in [0.25, 0.3) is 0 Å². The van der Waals surface area contributed by atoms with Gasteiger partial charge in [-0.25, -0.2) is 0 Å². The molecule has 1 heteroatoms. The largest absolute Gasteiger partial charge is 1.00 e. The van der Waals surface area contributed by atoms with E-state index in [1.54, 1.807) is 0 Å². The molecule has 0 N–H and O–H groups in total. The molecule has 0 aromatic rings. The van der Waals surface area contributed by atoms with Crippen molar-refractivity contribution in [1.82, 2.24) is 0 Å². The van der Waals surface area contributed by atoms with Crippen LogP contribution in [-0.2, 0) is 0 Å². The van der Waals surface area contributed by atoms with Gasteiger partial charge in [-0.3, -0.25) is 6.08 Å². The minimum atomic E-state index is 0. The van der Waals surface area contributed by atoms with Crippen molar-refractivity contribution in [3.8, 4) is 0 Å². The zero-order chi connectivity index (χ0) is 5.98. The zero-order valence-electron chi connectivity index (χ0n) is 6.65. The first-order chi connectivity index (χ1) is 3.80. The predicted octanol–water partition coefficient (Wildman–Crippen LogP) is -0.584. The van der Waals surface area contributed by atoms with E-state index >= 15 is 0 Å². The van der Waals surface area contributed by atoms with E-state index in [0.717, 1.165) is 11.8 Å². The van der Waals surface area contributed by atoms with Gasteiger partial charge in [0.05, 0.1) is 0 Å². The standard InChI is InChI=1S/C8H13.Li/c1-7(2)8-5-3-4-6-8;/h6-8H,3,5H2,1-2H3;/q-1;+1/t8-;/m1./s1. The van der Waals surface area contributed by atoms with Gasteiger partial charge in [0.15, 0.2) is 0 Å². The van der Waals surface area contributed by atoms with Crippen LogP contribution in [0.5, 0.6) is 0 Å². The van der Waals surface area contributed by atoms with Gasteiger partial charge in [-0.1, -0.05) is 26.2 Å². The van der Waals surface area contributed by atoms with Crippen LogP contribution in [0.25, 0.3) is 0 Å². The minimum Gasteiger partial charge on any atom is -0.500 e. The van der Waals surface area contributed by atoms with Gasteiger partial charge in [0.1, 0.15) is 0 Å². The summed E-state index contributed by atoms with van der Waals surface area (Å²) in [6.45, 7) is 4.54. The molecule has 1 atom stereocenters. The van der Waals surface area contributed by atoms with Crippen LogP contribution in [0, 0.1) is 17.9 Å². The van der Waals surface area contributed by atoms with E-state index in [4.69, 9.17) is 0 Å². The Morgan fingerprint density at radius 2 is 2.22 bits per heavy atom. The van der Waals surface area contributed by atoms with E-state index in [2.05, 4.69) is 26.0 Å². The maximum atomic E-state index is 3.23. The Hall–Kier alpha value is 0.337. The summed E-state index contributed by atoms with van der Waals surface area (Å²) in [5.41, 5.74) is 0. The monoisotopic (exact) mass is 116 g/mol. The van der Waals surface area contributed by atoms with Crippen molar-refractivity contribution in [2.24, 2.45) is 11.8 Å². The van der Waals surface area contributed by atoms with Crippen molar-refractivity contribution >= 4 is 0 Å². The Labute approximate surface area is 69.9 Å². The van der Waals surface area contributed by atoms with Crippen LogP contribution in [-0.4, -0.2) is 0 Å². The third-order valence-electron chi connectivity index (χ3n) is 1.81. The summed E-state index contributed by atoms with van der Waals surface area (Å²) in [4.78, 5) is 0. The molecule has 0 unspecified atom stereocenters. The molecule has 1 rings (SSSR count). The third-order valence-corrected chi connectivity index (χ3v) is 1.81. The van der Waals surface area contributed by atoms with E-state index in [-0.39, 0.29) is 18.9 Å². The van der Waals surface area contributed by atoms with Gasteiger partial charge in [-0.15, -0.1) is 0 Å². The van der Waals surface area contributed by atoms with Crippen LogP contribution >= 0.6 is 0 Å². The summed E-state index contributed by atoms with van der Waals surface area (Å²) in [6.07, 6.45) is 7.97. The van der Waals surface area contributed by atoms with Gasteiger partial charge in [-0.2, -0.15) is 6.42 Å². The molecule has 0 saturated heterocycles. The molecule has 0 aliphatic heterocycles. The van der Waals surface area contributed by atoms with Gasteiger partial charge < -0.3 is 6.08 Å². The summed E-state index contributed by atoms with van der Waals surface area (Å²) < 4.78 is 0. The summed E-state index contributed by atoms with van der Waals surface area (Å²) in [6, 6.07) is 0. The van der Waals surface area contributed by atoms with E-state index in [1.165, 1.54) is 12.8 Å². The van der Waals surface area contributed by atoms with Crippen molar-refractivity contribution in [1.29, 1.82) is 0 Å². The van der Waals surface area contributed by atoms with Gasteiger partial charge in [0, 0.05) is 0 Å². The molecule has 0 aromatic carbocycles. The van der Waals surface area contributed by atoms with Crippen LogP contribution in [0.1, 0.15) is 26.7 Å². The summed E-state index contributed by atoms with van der Waals surface area (Å²) in [7, 11) is 0. The van der Waals surface area contributed by atoms with E-state index in [0.29, 0.717) is 0 Å². The molecule has 0 nitrogen and oxygen atoms in total. The molecule has 1 aliphatic carbocycles. The summed E-state index contributed by atoms with van der Waals surface area (Å²) in [5, 5.41) is 0. The van der Waals surface area contributed by atoms with Gasteiger partial charge in [-0.05, 0) is 5.92 Å². The van der Waals surface area contributed by atoms with E-state index < -0.39 is 0 Å². The van der Waals surface area contributed by atoms with Crippen LogP contribution in [0.15, 0.2) is 6.08 Å². The van der Waals surface area contributed by atoms with E-state index in [1.807, 2.05) is 0 Å². The topological polar surface area (TPSA) is 0 Å². The number of hydrogen-bond donors (Lipinski definition) is 0. The molecule has 9 heavy (non-hydrogen) atoms. The molecule has 46 valence electrons. The van der Waals surface area contributed by atoms with Crippen molar-refractivity contribution < 1.29 is 18.9 Å². The first-order valence-electron chi connectivity index (χ1n) is 3.37. The molecule has 0 fully saturated rings. The fraction of sp³-hybridized carbons (Fsp3) is 0.750. The maximum Gasteiger partial charge on any atom is 1.00 e. The average molecular weight is 116 g/mol. The smallest absolute Gasteiger partial charge is 0.500 e. The SMILES string of the molecule is CC(C)[C@H]1C=[C-]CC1.[Li+]. The number of rotatable bonds is 1. The molecule has 0 aromatic heterocycles. The third kappa shape index (κ3) is 2.61. The van der Waals surface area contributed by atoms with E-state index in [9.17, 15) is 0 Å². The molecule has 0 bridgehead atoms. The molecular formula is C8H13Li. The Bertz CT molecular complexity index is 94.7. The zero-order valence-corrected chi connectivity index (χ0v) is 6.65. The molecule has 0 heterocycles. The number of allylic oxidation sites excluding steroid dienone is 2. The average Bonchev–Trinajstić information content (AvgIpc) is 2.12. The van der Waals surface area contributed by atoms with Gasteiger partial charge in [0.2, 0.25) is 0 Å². The quantitative estimate of drug-likeness (QED) is 0.317. The fourth-order valence-electron chi connectivity index (χ4n) is 1.09. The Morgan fingerprint density at radius 1 is 1.56 bits per heavy atom. The van der Waals surface area contributed by atoms with Crippen LogP contribution in [0.2, 0.25) is 0 Å².